The molecule has 4 amide bonds. The van der Waals surface area contributed by atoms with Crippen molar-refractivity contribution in [2.45, 2.75) is 55.3 Å². The summed E-state index contributed by atoms with van der Waals surface area (Å²) in [5.74, 6) is -4.74. The smallest absolute Gasteiger partial charge is 0.232 e. The van der Waals surface area contributed by atoms with Crippen molar-refractivity contribution in [1.82, 2.24) is 20.0 Å². The van der Waals surface area contributed by atoms with Gasteiger partial charge in [-0.25, -0.2) is 9.98 Å². The second-order valence-electron chi connectivity index (χ2n) is 8.31. The molecule has 0 aromatic carbocycles. The number of likely N-dealkylation sites (tertiary alicyclic amines) is 2. The van der Waals surface area contributed by atoms with Crippen LogP contribution < -0.4 is 16.8 Å². The monoisotopic (exact) mass is 434 g/mol. The zero-order valence-electron chi connectivity index (χ0n) is 16.4. The van der Waals surface area contributed by atoms with Crippen LogP contribution in [0.3, 0.4) is 0 Å². The Bertz CT molecular complexity index is 946. The third kappa shape index (κ3) is 2.39. The number of carbonyl (C=O) groups excluding carboxylic acids is 4. The lowest BCUT2D eigenvalue weighted by atomic mass is 9.84. The number of aliphatic hydroxyl groups is 2. The van der Waals surface area contributed by atoms with Crippen LogP contribution in [0.1, 0.15) is 25.7 Å². The summed E-state index contributed by atoms with van der Waals surface area (Å²) in [7, 11) is 0. The van der Waals surface area contributed by atoms with Crippen molar-refractivity contribution < 1.29 is 29.4 Å². The average Bonchev–Trinajstić information content (AvgIpc) is 3.38. The zero-order chi connectivity index (χ0) is 22.3. The van der Waals surface area contributed by atoms with Gasteiger partial charge in [0.2, 0.25) is 29.4 Å². The van der Waals surface area contributed by atoms with Gasteiger partial charge in [0.05, 0.1) is 12.6 Å². The summed E-state index contributed by atoms with van der Waals surface area (Å²) < 4.78 is 0. The van der Waals surface area contributed by atoms with Crippen molar-refractivity contribution in [2.24, 2.45) is 21.5 Å². The molecule has 0 aromatic heterocycles. The lowest BCUT2D eigenvalue weighted by Crippen LogP contribution is -2.78. The minimum absolute atomic E-state index is 0.0285. The van der Waals surface area contributed by atoms with Crippen LogP contribution in [0.2, 0.25) is 0 Å². The fraction of sp³-hybridized carbons (Fsp3) is 0.647. The summed E-state index contributed by atoms with van der Waals surface area (Å²) in [4.78, 5) is 60.7. The third-order valence-corrected chi connectivity index (χ3v) is 6.70. The maximum Gasteiger partial charge on any atom is 0.232 e. The van der Waals surface area contributed by atoms with Gasteiger partial charge in [-0.15, -0.1) is 0 Å². The summed E-state index contributed by atoms with van der Waals surface area (Å²) in [5.41, 5.74) is 10.2. The van der Waals surface area contributed by atoms with Crippen LogP contribution in [0.25, 0.3) is 0 Å². The van der Waals surface area contributed by atoms with E-state index in [1.807, 2.05) is 0 Å². The molecule has 3 saturated heterocycles. The maximum atomic E-state index is 12.3. The molecule has 0 saturated carbocycles. The topological polar surface area (TPSA) is 207 Å². The van der Waals surface area contributed by atoms with E-state index in [1.165, 1.54) is 4.90 Å². The lowest BCUT2D eigenvalue weighted by molar-refractivity contribution is -0.243. The number of amides is 4. The van der Waals surface area contributed by atoms with Crippen molar-refractivity contribution >= 4 is 35.5 Å². The van der Waals surface area contributed by atoms with Gasteiger partial charge in [0, 0.05) is 32.2 Å². The van der Waals surface area contributed by atoms with E-state index < -0.39 is 41.4 Å². The Hall–Kier alpha value is -3.26. The molecule has 14 nitrogen and oxygen atoms in total. The highest BCUT2D eigenvalue weighted by Gasteiger charge is 2.75. The molecule has 31 heavy (non-hydrogen) atoms. The van der Waals surface area contributed by atoms with Gasteiger partial charge in [0.25, 0.3) is 0 Å². The highest BCUT2D eigenvalue weighted by Crippen LogP contribution is 2.47. The fourth-order valence-corrected chi connectivity index (χ4v) is 5.28. The fourth-order valence-electron chi connectivity index (χ4n) is 5.28. The Morgan fingerprint density at radius 1 is 0.968 bits per heavy atom. The Kier molecular flexibility index (Phi) is 3.90. The summed E-state index contributed by atoms with van der Waals surface area (Å²) in [6.07, 6.45) is 0.113. The SMILES string of the molecule is NC1=N[C@H]2C(CN3C(=O)CCC3=O)N=C(N)N3CC(N4C(=O)CCC4=O)C(O)(O)[C@]23N1. The van der Waals surface area contributed by atoms with E-state index in [1.54, 1.807) is 0 Å². The summed E-state index contributed by atoms with van der Waals surface area (Å²) in [5, 5.41) is 25.5. The predicted octanol–water partition coefficient (Wildman–Crippen LogP) is -4.67. The number of nitrogens with one attached hydrogen (secondary N) is 1. The quantitative estimate of drug-likeness (QED) is 0.212. The number of nitrogens with zero attached hydrogens (tertiary/aromatic N) is 5. The number of carbonyl (C=O) groups is 4. The highest BCUT2D eigenvalue weighted by atomic mass is 16.5. The summed E-state index contributed by atoms with van der Waals surface area (Å²) in [6.45, 7) is -0.375. The van der Waals surface area contributed by atoms with E-state index in [0.29, 0.717) is 0 Å². The van der Waals surface area contributed by atoms with Gasteiger partial charge in [-0.3, -0.25) is 29.0 Å². The number of guanidine groups is 2. The second-order valence-corrected chi connectivity index (χ2v) is 8.31. The van der Waals surface area contributed by atoms with Gasteiger partial charge in [-0.05, 0) is 0 Å². The summed E-state index contributed by atoms with van der Waals surface area (Å²) >= 11 is 0. The molecule has 4 atom stereocenters. The molecule has 0 radical (unpaired) electrons. The van der Waals surface area contributed by atoms with Crippen molar-refractivity contribution in [3.63, 3.8) is 0 Å². The van der Waals surface area contributed by atoms with Crippen molar-refractivity contribution in [3.8, 4) is 0 Å². The first-order chi connectivity index (χ1) is 14.6. The van der Waals surface area contributed by atoms with E-state index in [0.717, 1.165) is 9.80 Å². The van der Waals surface area contributed by atoms with Crippen LogP contribution in [-0.2, 0) is 19.2 Å². The Labute approximate surface area is 175 Å². The van der Waals surface area contributed by atoms with Crippen LogP contribution >= 0.6 is 0 Å². The molecule has 2 unspecified atom stereocenters. The zero-order valence-corrected chi connectivity index (χ0v) is 16.4. The molecule has 5 rings (SSSR count). The minimum atomic E-state index is -2.71. The van der Waals surface area contributed by atoms with Crippen molar-refractivity contribution in [1.29, 1.82) is 0 Å². The van der Waals surface area contributed by atoms with E-state index in [-0.39, 0.29) is 62.5 Å². The maximum absolute atomic E-state index is 12.3. The van der Waals surface area contributed by atoms with Crippen molar-refractivity contribution in [3.05, 3.63) is 0 Å². The van der Waals surface area contributed by atoms with E-state index >= 15 is 0 Å². The lowest BCUT2D eigenvalue weighted by Gasteiger charge is -2.49. The molecule has 5 aliphatic heterocycles. The van der Waals surface area contributed by atoms with Crippen LogP contribution in [0, 0.1) is 0 Å². The first-order valence-electron chi connectivity index (χ1n) is 9.93. The van der Waals surface area contributed by atoms with E-state index in [9.17, 15) is 29.4 Å². The number of hydrogen-bond donors (Lipinski definition) is 5. The number of rotatable bonds is 3. The van der Waals surface area contributed by atoms with Gasteiger partial charge in [0.15, 0.2) is 17.6 Å². The number of imide groups is 2. The molecule has 1 spiro atoms. The first kappa shape index (κ1) is 19.7. The van der Waals surface area contributed by atoms with E-state index in [4.69, 9.17) is 11.5 Å². The predicted molar refractivity (Wildman–Crippen MR) is 101 cm³/mol. The van der Waals surface area contributed by atoms with Gasteiger partial charge in [-0.1, -0.05) is 0 Å². The Morgan fingerprint density at radius 3 is 2.16 bits per heavy atom. The number of nitrogens with two attached hydrogens (primary N) is 2. The average molecular weight is 434 g/mol. The molecule has 166 valence electrons. The molecule has 0 aromatic rings. The molecular formula is C17H22N8O6. The van der Waals surface area contributed by atoms with Gasteiger partial charge >= 0.3 is 0 Å². The van der Waals surface area contributed by atoms with Crippen LogP contribution in [0.15, 0.2) is 9.98 Å². The first-order valence-corrected chi connectivity index (χ1v) is 9.93. The molecule has 7 N–H and O–H groups in total. The van der Waals surface area contributed by atoms with Gasteiger partial charge in [0.1, 0.15) is 12.1 Å². The van der Waals surface area contributed by atoms with Crippen molar-refractivity contribution in [2.75, 3.05) is 13.1 Å². The highest BCUT2D eigenvalue weighted by molar-refractivity contribution is 6.03. The molecule has 5 heterocycles. The molecule has 14 heteroatoms. The van der Waals surface area contributed by atoms with Gasteiger partial charge in [-0.2, -0.15) is 0 Å². The van der Waals surface area contributed by atoms with E-state index in [2.05, 4.69) is 15.3 Å². The molecule has 5 aliphatic rings. The third-order valence-electron chi connectivity index (χ3n) is 6.70. The molecule has 0 bridgehead atoms. The molecule has 0 aliphatic carbocycles. The number of hydrogen-bond acceptors (Lipinski definition) is 12. The van der Waals surface area contributed by atoms with Crippen LogP contribution in [0.4, 0.5) is 0 Å². The molecular weight excluding hydrogens is 412 g/mol. The Morgan fingerprint density at radius 2 is 1.55 bits per heavy atom. The van der Waals surface area contributed by atoms with Crippen LogP contribution in [0.5, 0.6) is 0 Å². The van der Waals surface area contributed by atoms with Crippen LogP contribution in [-0.4, -0.2) is 103 Å². The number of aliphatic imine (C=N–C) groups is 2. The minimum Gasteiger partial charge on any atom is -0.370 e. The molecule has 3 fully saturated rings. The standard InChI is InChI=1S/C17H22N8O6/c18-14-21-13-7(5-23-9(26)1-2-10(23)27)20-15(19)24-6-8(17(30,31)16(13,24)22-14)25-11(28)3-4-12(25)29/h7-8,13,30-31H,1-6H2,(H2,19,20)(H3,18,21,22)/t7?,8?,13-,16-/m0/s1. The van der Waals surface area contributed by atoms with Gasteiger partial charge < -0.3 is 31.9 Å². The summed E-state index contributed by atoms with van der Waals surface area (Å²) in [6, 6.07) is -3.33. The largest absolute Gasteiger partial charge is 0.370 e. The normalized spacial score (nSPS) is 36.6. The second kappa shape index (κ2) is 6.13. The Balaban J connectivity index is 1.56.